The van der Waals surface area contributed by atoms with Crippen molar-refractivity contribution in [2.45, 2.75) is 13.7 Å². The van der Waals surface area contributed by atoms with Crippen molar-refractivity contribution in [1.29, 1.82) is 0 Å². The number of rotatable bonds is 0. The Hall–Kier alpha value is -0.265. The number of hydrogen-bond donors (Lipinski definition) is 1. The van der Waals surface area contributed by atoms with Crippen LogP contribution in [0.4, 0.5) is 0 Å². The normalized spacial score (nSPS) is 10.4. The van der Waals surface area contributed by atoms with E-state index in [1.807, 2.05) is 20.7 Å². The molecule has 0 aromatic rings. The van der Waals surface area contributed by atoms with Crippen LogP contribution in [0.15, 0.2) is 0 Å². The van der Waals surface area contributed by atoms with E-state index in [1.165, 1.54) is 0 Å². The van der Waals surface area contributed by atoms with Crippen molar-refractivity contribution in [3.63, 3.8) is 0 Å². The number of hydrogen-bond acceptors (Lipinski definition) is 1. The van der Waals surface area contributed by atoms with Gasteiger partial charge in [0.1, 0.15) is 0 Å². The van der Waals surface area contributed by atoms with E-state index in [-0.39, 0.29) is 0 Å². The molecule has 0 heterocycles. The van der Waals surface area contributed by atoms with Gasteiger partial charge in [-0.2, -0.15) is 0 Å². The molecule has 0 aliphatic rings. The van der Waals surface area contributed by atoms with Crippen molar-refractivity contribution < 1.29 is 0 Å². The molecular weight excluding hydrogens is 60.9 g/mol. The third kappa shape index (κ3) is 3.73. The summed E-state index contributed by atoms with van der Waals surface area (Å²) in [6.07, 6.45) is 0. The molecule has 0 rings (SSSR count). The van der Waals surface area contributed by atoms with E-state index < -0.39 is 0 Å². The van der Waals surface area contributed by atoms with Gasteiger partial charge in [-0.1, -0.05) is 0 Å². The Bertz CT molecular complexity index is 44.9. The van der Waals surface area contributed by atoms with Crippen LogP contribution >= 0.6 is 0 Å². The summed E-state index contributed by atoms with van der Waals surface area (Å²) in [6, 6.07) is 0. The summed E-state index contributed by atoms with van der Waals surface area (Å²) in [7, 11) is 0. The van der Waals surface area contributed by atoms with Crippen LogP contribution in [0.25, 0.3) is 0 Å². The van der Waals surface area contributed by atoms with Gasteiger partial charge < -0.3 is 0 Å². The Labute approximate surface area is 33.1 Å². The van der Waals surface area contributed by atoms with Gasteiger partial charge in [0.25, 0.3) is 0 Å². The monoisotopic (exact) mass is 69.1 g/mol. The molecule has 0 saturated carbocycles. The summed E-state index contributed by atoms with van der Waals surface area (Å²) in [6.45, 7) is 5.63. The summed E-state index contributed by atoms with van der Waals surface area (Å²) < 4.78 is 0. The van der Waals surface area contributed by atoms with E-state index >= 15 is 0 Å². The van der Waals surface area contributed by atoms with E-state index in [1.54, 1.807) is 0 Å². The fraction of sp³-hybridized carbons (Fsp3) is 0.667. The third-order valence-corrected chi connectivity index (χ3v) is 0.455. The van der Waals surface area contributed by atoms with Crippen LogP contribution in [0.2, 0.25) is 6.82 Å². The molecule has 0 saturated heterocycles. The Morgan fingerprint density at radius 3 is 2.00 bits per heavy atom. The molecule has 0 unspecified atom stereocenters. The fourth-order valence-corrected chi connectivity index (χ4v) is 0. The minimum atomic E-state index is 0.880. The van der Waals surface area contributed by atoms with Crippen LogP contribution < -0.4 is 5.73 Å². The summed E-state index contributed by atoms with van der Waals surface area (Å²) in [5.41, 5.74) is 6.03. The zero-order chi connectivity index (χ0) is 4.28. The average molecular weight is 68.9 g/mol. The minimum absolute atomic E-state index is 0.880. The van der Waals surface area contributed by atoms with E-state index in [9.17, 15) is 0 Å². The molecule has 0 bridgehead atoms. The molecule has 0 aromatic carbocycles. The molecule has 0 fully saturated rings. The van der Waals surface area contributed by atoms with Crippen molar-refractivity contribution in [1.82, 2.24) is 0 Å². The zero-order valence-corrected chi connectivity index (χ0v) is 3.65. The first kappa shape index (κ1) is 4.73. The maximum atomic E-state index is 5.15. The van der Waals surface area contributed by atoms with Gasteiger partial charge in [-0.3, -0.25) is 0 Å². The van der Waals surface area contributed by atoms with Crippen LogP contribution in [0.1, 0.15) is 6.92 Å². The Morgan fingerprint density at radius 1 is 1.80 bits per heavy atom. The maximum absolute atomic E-state index is 5.15. The molecule has 0 aliphatic carbocycles. The van der Waals surface area contributed by atoms with Gasteiger partial charge in [0.05, 0.1) is 0 Å². The summed E-state index contributed by atoms with van der Waals surface area (Å²) >= 11 is 0. The van der Waals surface area contributed by atoms with E-state index in [4.69, 9.17) is 5.73 Å². The predicted octanol–water partition coefficient (Wildman–Crippen LogP) is -0.153. The Morgan fingerprint density at radius 2 is 2.00 bits per heavy atom. The van der Waals surface area contributed by atoms with Gasteiger partial charge in [-0.15, -0.1) is 0 Å². The molecule has 2 heteroatoms. The van der Waals surface area contributed by atoms with Crippen molar-refractivity contribution in [2.24, 2.45) is 5.73 Å². The second kappa shape index (κ2) is 2.00. The molecule has 0 radical (unpaired) electrons. The molecule has 0 atom stereocenters. The fourth-order valence-electron chi connectivity index (χ4n) is 0. The average Bonchev–Trinajstić information content (AvgIpc) is 1.38. The Kier molecular flexibility index (Phi) is 1.90. The van der Waals surface area contributed by atoms with E-state index in [2.05, 4.69) is 0 Å². The number of nitrogens with two attached hydrogens (primary N) is 1. The molecule has 0 aromatic heterocycles. The second-order valence-electron chi connectivity index (χ2n) is 1.03. The van der Waals surface area contributed by atoms with Gasteiger partial charge in [0.15, 0.2) is 0 Å². The van der Waals surface area contributed by atoms with Crippen LogP contribution in [-0.2, 0) is 0 Å². The molecule has 0 spiro atoms. The third-order valence-electron chi connectivity index (χ3n) is 0.455. The second-order valence-corrected chi connectivity index (χ2v) is 1.03. The topological polar surface area (TPSA) is 26.0 Å². The first-order valence-corrected chi connectivity index (χ1v) is 1.65. The van der Waals surface area contributed by atoms with Crippen molar-refractivity contribution >= 4 is 12.5 Å². The summed E-state index contributed by atoms with van der Waals surface area (Å²) in [5, 5.41) is 0. The quantitative estimate of drug-likeness (QED) is 0.393. The summed E-state index contributed by atoms with van der Waals surface area (Å²) in [4.78, 5) is 0. The molecular formula is C3H8BN. The standard InChI is InChI=1S/C3H8BN/c1-3(5)4-2/h5H2,1-2H3. The summed E-state index contributed by atoms with van der Waals surface area (Å²) in [5.74, 6) is 0. The van der Waals surface area contributed by atoms with Gasteiger partial charge in [0.2, 0.25) is 0 Å². The zero-order valence-electron chi connectivity index (χ0n) is 3.65. The van der Waals surface area contributed by atoms with Crippen molar-refractivity contribution in [3.05, 3.63) is 0 Å². The van der Waals surface area contributed by atoms with E-state index in [0.717, 1.165) is 5.59 Å². The van der Waals surface area contributed by atoms with Gasteiger partial charge in [-0.05, 0) is 0 Å². The van der Waals surface area contributed by atoms with Gasteiger partial charge in [0, 0.05) is 0 Å². The molecule has 0 aliphatic heterocycles. The van der Waals surface area contributed by atoms with Crippen LogP contribution in [0.3, 0.4) is 0 Å². The molecule has 28 valence electrons. The molecule has 5 heavy (non-hydrogen) atoms. The predicted molar refractivity (Wildman–Crippen MR) is 26.5 cm³/mol. The molecule has 0 amide bonds. The molecule has 2 N–H and O–H groups in total. The van der Waals surface area contributed by atoms with Crippen LogP contribution in [0.5, 0.6) is 0 Å². The van der Waals surface area contributed by atoms with E-state index in [0.29, 0.717) is 0 Å². The van der Waals surface area contributed by atoms with Crippen LogP contribution in [-0.4, -0.2) is 12.5 Å². The van der Waals surface area contributed by atoms with Gasteiger partial charge >= 0.3 is 32.0 Å². The van der Waals surface area contributed by atoms with Gasteiger partial charge in [-0.25, -0.2) is 0 Å². The first-order valence-electron chi connectivity index (χ1n) is 1.65. The van der Waals surface area contributed by atoms with Crippen molar-refractivity contribution in [2.75, 3.05) is 0 Å². The van der Waals surface area contributed by atoms with Crippen LogP contribution in [0, 0.1) is 0 Å². The molecule has 1 nitrogen and oxygen atoms in total. The SMILES string of the molecule is CB=C(C)N. The van der Waals surface area contributed by atoms with Crippen molar-refractivity contribution in [3.8, 4) is 0 Å². The first-order chi connectivity index (χ1) is 2.27. The Balaban J connectivity index is 3.14.